The summed E-state index contributed by atoms with van der Waals surface area (Å²) >= 11 is 0. The van der Waals surface area contributed by atoms with Crippen LogP contribution >= 0.6 is 0 Å². The highest BCUT2D eigenvalue weighted by atomic mass is 16.5. The van der Waals surface area contributed by atoms with Crippen molar-refractivity contribution in [1.82, 2.24) is 15.1 Å². The Balaban J connectivity index is 1.26. The van der Waals surface area contributed by atoms with Crippen LogP contribution in [0.2, 0.25) is 0 Å². The maximum atomic E-state index is 13.0. The van der Waals surface area contributed by atoms with Crippen molar-refractivity contribution in [2.45, 2.75) is 31.2 Å². The van der Waals surface area contributed by atoms with Crippen LogP contribution in [0.15, 0.2) is 54.7 Å². The van der Waals surface area contributed by atoms with Gasteiger partial charge in [-0.1, -0.05) is 61.4 Å². The van der Waals surface area contributed by atoms with Gasteiger partial charge >= 0.3 is 12.1 Å². The van der Waals surface area contributed by atoms with E-state index in [1.54, 1.807) is 7.05 Å². The van der Waals surface area contributed by atoms with E-state index in [4.69, 9.17) is 4.74 Å². The van der Waals surface area contributed by atoms with Gasteiger partial charge in [-0.25, -0.2) is 9.59 Å². The van der Waals surface area contributed by atoms with Gasteiger partial charge in [-0.15, -0.1) is 0 Å². The summed E-state index contributed by atoms with van der Waals surface area (Å²) in [5.74, 6) is -1.53. The van der Waals surface area contributed by atoms with Gasteiger partial charge in [0.25, 0.3) is 0 Å². The molecular formula is C26H26N4O5. The van der Waals surface area contributed by atoms with E-state index in [2.05, 4.69) is 27.9 Å². The number of carboxylic acids is 1. The van der Waals surface area contributed by atoms with Crippen molar-refractivity contribution in [2.75, 3.05) is 11.9 Å². The number of ether oxygens (including phenoxy) is 1. The van der Waals surface area contributed by atoms with Crippen molar-refractivity contribution in [3.05, 3.63) is 71.4 Å². The summed E-state index contributed by atoms with van der Waals surface area (Å²) in [7, 11) is 1.57. The number of fused-ring (bicyclic) bond motifs is 3. The predicted octanol–water partition coefficient (Wildman–Crippen LogP) is 3.76. The minimum atomic E-state index is -1.20. The van der Waals surface area contributed by atoms with Crippen LogP contribution in [0.3, 0.4) is 0 Å². The largest absolute Gasteiger partial charge is 0.477 e. The number of hydrogen-bond acceptors (Lipinski definition) is 5. The fourth-order valence-corrected chi connectivity index (χ4v) is 4.64. The zero-order chi connectivity index (χ0) is 24.5. The molecule has 0 spiro atoms. The van der Waals surface area contributed by atoms with Crippen LogP contribution in [0.1, 0.15) is 46.7 Å². The van der Waals surface area contributed by atoms with E-state index in [-0.39, 0.29) is 23.9 Å². The van der Waals surface area contributed by atoms with Crippen LogP contribution in [0.25, 0.3) is 11.1 Å². The first-order valence-electron chi connectivity index (χ1n) is 11.6. The third-order valence-electron chi connectivity index (χ3n) is 6.52. The average molecular weight is 475 g/mol. The molecule has 1 heterocycles. The molecule has 5 rings (SSSR count). The molecule has 9 heteroatoms. The summed E-state index contributed by atoms with van der Waals surface area (Å²) in [6, 6.07) is 15.3. The molecule has 9 nitrogen and oxygen atoms in total. The third-order valence-corrected chi connectivity index (χ3v) is 6.52. The lowest BCUT2D eigenvalue weighted by molar-refractivity contribution is -0.118. The van der Waals surface area contributed by atoms with Gasteiger partial charge < -0.3 is 20.5 Å². The smallest absolute Gasteiger partial charge is 0.407 e. The molecular weight excluding hydrogens is 448 g/mol. The summed E-state index contributed by atoms with van der Waals surface area (Å²) in [5, 5.41) is 18.6. The van der Waals surface area contributed by atoms with Crippen LogP contribution in [0.5, 0.6) is 0 Å². The van der Waals surface area contributed by atoms with Crippen LogP contribution in [-0.2, 0) is 16.6 Å². The average Bonchev–Trinajstić information content (AvgIpc) is 3.50. The molecule has 1 aromatic heterocycles. The van der Waals surface area contributed by atoms with E-state index < -0.39 is 24.0 Å². The number of aromatic carboxylic acids is 1. The molecule has 2 aromatic carbocycles. The van der Waals surface area contributed by atoms with E-state index in [9.17, 15) is 19.5 Å². The number of carboxylic acid groups (broad SMARTS) is 1. The molecule has 0 aliphatic heterocycles. The van der Waals surface area contributed by atoms with Crippen molar-refractivity contribution in [1.29, 1.82) is 0 Å². The highest BCUT2D eigenvalue weighted by molar-refractivity contribution is 6.01. The molecule has 2 aliphatic rings. The fourth-order valence-electron chi connectivity index (χ4n) is 4.64. The zero-order valence-electron chi connectivity index (χ0n) is 19.2. The molecule has 0 bridgehead atoms. The van der Waals surface area contributed by atoms with E-state index >= 15 is 0 Å². The number of alkyl carbamates (subject to hydrolysis) is 1. The molecule has 1 atom stereocenters. The van der Waals surface area contributed by atoms with Crippen LogP contribution in [0.4, 0.5) is 10.6 Å². The molecule has 1 saturated carbocycles. The first kappa shape index (κ1) is 22.6. The van der Waals surface area contributed by atoms with Crippen molar-refractivity contribution in [2.24, 2.45) is 13.0 Å². The number of aromatic nitrogens is 2. The Hall–Kier alpha value is -4.14. The Labute approximate surface area is 202 Å². The number of carbonyl (C=O) groups excluding carboxylic acids is 2. The molecule has 35 heavy (non-hydrogen) atoms. The van der Waals surface area contributed by atoms with E-state index in [1.807, 2.05) is 36.4 Å². The van der Waals surface area contributed by atoms with Crippen LogP contribution in [-0.4, -0.2) is 45.5 Å². The molecule has 1 fully saturated rings. The Morgan fingerprint density at radius 2 is 1.71 bits per heavy atom. The summed E-state index contributed by atoms with van der Waals surface area (Å²) in [4.78, 5) is 37.1. The molecule has 2 amide bonds. The lowest BCUT2D eigenvalue weighted by atomic mass is 9.98. The van der Waals surface area contributed by atoms with Gasteiger partial charge in [-0.05, 0) is 34.6 Å². The van der Waals surface area contributed by atoms with Crippen LogP contribution in [0, 0.1) is 5.92 Å². The Bertz CT molecular complexity index is 1250. The standard InChI is InChI=1S/C26H26N4O5/c1-30-13-20(25(32)33)23(29-30)28-24(31)22(12-15-10-11-15)27-26(34)35-14-21-18-8-4-2-6-16(18)17-7-3-5-9-19(17)21/h2-9,13,15,21-22H,10-12,14H2,1H3,(H,27,34)(H,32,33)(H,28,29,31)/t22-/m0/s1. The highest BCUT2D eigenvalue weighted by Gasteiger charge is 2.33. The fraction of sp³-hybridized carbons (Fsp3) is 0.308. The number of hydrogen-bond donors (Lipinski definition) is 3. The highest BCUT2D eigenvalue weighted by Crippen LogP contribution is 2.44. The first-order chi connectivity index (χ1) is 16.9. The number of anilines is 1. The van der Waals surface area contributed by atoms with E-state index in [0.717, 1.165) is 35.1 Å². The topological polar surface area (TPSA) is 123 Å². The maximum Gasteiger partial charge on any atom is 0.407 e. The minimum absolute atomic E-state index is 0.0554. The SMILES string of the molecule is Cn1cc(C(=O)O)c(NC(=O)[C@H](CC2CC2)NC(=O)OCC2c3ccccc3-c3ccccc32)n1. The zero-order valence-corrected chi connectivity index (χ0v) is 19.2. The molecule has 0 radical (unpaired) electrons. The quantitative estimate of drug-likeness (QED) is 0.457. The van der Waals surface area contributed by atoms with Gasteiger partial charge in [-0.3, -0.25) is 9.48 Å². The van der Waals surface area contributed by atoms with Crippen LogP contribution < -0.4 is 10.6 Å². The molecule has 3 N–H and O–H groups in total. The van der Waals surface area contributed by atoms with Gasteiger partial charge in [-0.2, -0.15) is 5.10 Å². The molecule has 0 saturated heterocycles. The monoisotopic (exact) mass is 474 g/mol. The van der Waals surface area contributed by atoms with Crippen molar-refractivity contribution in [3.63, 3.8) is 0 Å². The number of nitrogens with one attached hydrogen (secondary N) is 2. The first-order valence-corrected chi connectivity index (χ1v) is 11.6. The van der Waals surface area contributed by atoms with Gasteiger partial charge in [0, 0.05) is 19.2 Å². The summed E-state index contributed by atoms with van der Waals surface area (Å²) in [5.41, 5.74) is 4.35. The van der Waals surface area contributed by atoms with Crippen molar-refractivity contribution >= 4 is 23.8 Å². The normalized spacial score (nSPS) is 15.1. The van der Waals surface area contributed by atoms with Gasteiger partial charge in [0.15, 0.2) is 5.82 Å². The second kappa shape index (κ2) is 9.25. The Kier molecular flexibility index (Phi) is 5.98. The number of rotatable bonds is 8. The Morgan fingerprint density at radius 1 is 1.09 bits per heavy atom. The van der Waals surface area contributed by atoms with E-state index in [1.165, 1.54) is 10.9 Å². The van der Waals surface area contributed by atoms with Gasteiger partial charge in [0.1, 0.15) is 18.2 Å². The number of nitrogens with zero attached hydrogens (tertiary/aromatic N) is 2. The summed E-state index contributed by atoms with van der Waals surface area (Å²) in [6.45, 7) is 0.140. The summed E-state index contributed by atoms with van der Waals surface area (Å²) < 4.78 is 6.91. The number of aryl methyl sites for hydroxylation is 1. The number of benzene rings is 2. The second-order valence-corrected chi connectivity index (χ2v) is 9.06. The maximum absolute atomic E-state index is 13.0. The van der Waals surface area contributed by atoms with E-state index in [0.29, 0.717) is 12.3 Å². The van der Waals surface area contributed by atoms with Gasteiger partial charge in [0.2, 0.25) is 5.91 Å². The lowest BCUT2D eigenvalue weighted by Crippen LogP contribution is -2.44. The third kappa shape index (κ3) is 4.75. The number of carbonyl (C=O) groups is 3. The lowest BCUT2D eigenvalue weighted by Gasteiger charge is -2.19. The Morgan fingerprint density at radius 3 is 2.31 bits per heavy atom. The molecule has 2 aliphatic carbocycles. The minimum Gasteiger partial charge on any atom is -0.477 e. The van der Waals surface area contributed by atoms with Crippen molar-refractivity contribution in [3.8, 4) is 11.1 Å². The molecule has 3 aromatic rings. The summed E-state index contributed by atoms with van der Waals surface area (Å²) in [6.07, 6.45) is 3.05. The second-order valence-electron chi connectivity index (χ2n) is 9.06. The molecule has 0 unspecified atom stereocenters. The van der Waals surface area contributed by atoms with Gasteiger partial charge in [0.05, 0.1) is 0 Å². The molecule has 180 valence electrons. The van der Waals surface area contributed by atoms with Crippen molar-refractivity contribution < 1.29 is 24.2 Å². The number of amides is 2. The predicted molar refractivity (Wildman–Crippen MR) is 128 cm³/mol.